The summed E-state index contributed by atoms with van der Waals surface area (Å²) < 4.78 is 4.64. The number of nitrogens with one attached hydrogen (secondary N) is 1. The summed E-state index contributed by atoms with van der Waals surface area (Å²) >= 11 is 0. The molecular weight excluding hydrogens is 154 g/mol. The molecule has 0 aromatic carbocycles. The zero-order valence-electron chi connectivity index (χ0n) is 8.64. The molecule has 0 aromatic rings. The van der Waals surface area contributed by atoms with Gasteiger partial charge in [0.2, 0.25) is 0 Å². The third-order valence-electron chi connectivity index (χ3n) is 1.08. The van der Waals surface area contributed by atoms with Crippen molar-refractivity contribution in [2.75, 3.05) is 13.2 Å². The third kappa shape index (κ3) is 12.0. The minimum Gasteiger partial charge on any atom is -0.450 e. The van der Waals surface area contributed by atoms with Gasteiger partial charge in [0.05, 0.1) is 6.61 Å². The molecule has 0 aliphatic carbocycles. The van der Waals surface area contributed by atoms with E-state index in [1.54, 1.807) is 6.92 Å². The number of alkyl carbamates (subject to hydrolysis) is 1. The average Bonchev–Trinajstić information content (AvgIpc) is 2.09. The second kappa shape index (κ2) is 12.9. The maximum Gasteiger partial charge on any atom is 0.407 e. The summed E-state index contributed by atoms with van der Waals surface area (Å²) in [4.78, 5) is 10.6. The lowest BCUT2D eigenvalue weighted by Gasteiger charge is -2.02. The van der Waals surface area contributed by atoms with Crippen molar-refractivity contribution in [3.8, 4) is 0 Å². The van der Waals surface area contributed by atoms with E-state index in [0.29, 0.717) is 6.61 Å². The summed E-state index contributed by atoms with van der Waals surface area (Å²) in [5.74, 6) is 0. The highest BCUT2D eigenvalue weighted by Crippen LogP contribution is 1.83. The average molecular weight is 177 g/mol. The number of rotatable bonds is 4. The van der Waals surface area contributed by atoms with Gasteiger partial charge in [-0.15, -0.1) is 0 Å². The molecule has 12 heavy (non-hydrogen) atoms. The van der Waals surface area contributed by atoms with Crippen LogP contribution in [-0.4, -0.2) is 19.2 Å². The quantitative estimate of drug-likeness (QED) is 0.670. The molecule has 0 aliphatic rings. The first kappa shape index (κ1) is 13.8. The van der Waals surface area contributed by atoms with Gasteiger partial charge in [0.1, 0.15) is 0 Å². The smallest absolute Gasteiger partial charge is 0.407 e. The van der Waals surface area contributed by atoms with Crippen molar-refractivity contribution < 1.29 is 11.0 Å². The van der Waals surface area contributed by atoms with Gasteiger partial charge in [-0.05, 0) is 13.3 Å². The third-order valence-corrected chi connectivity index (χ3v) is 1.08. The lowest BCUT2D eigenvalue weighted by atomic mass is 10.3. The summed E-state index contributed by atoms with van der Waals surface area (Å²) in [5, 5.41) is 2.62. The number of ether oxygens (including phenoxy) is 1. The Morgan fingerprint density at radius 3 is 2.42 bits per heavy atom. The number of hydrogen-bond donors (Lipinski definition) is 1. The zero-order chi connectivity index (χ0) is 9.82. The fourth-order valence-electron chi connectivity index (χ4n) is 0.549. The first-order valence-electron chi connectivity index (χ1n) is 4.71. The predicted molar refractivity (Wildman–Crippen MR) is 53.4 cm³/mol. The van der Waals surface area contributed by atoms with Crippen LogP contribution in [0.4, 0.5) is 4.79 Å². The van der Waals surface area contributed by atoms with E-state index in [0.717, 1.165) is 19.4 Å². The Bertz CT molecular complexity index is 99.6. The van der Waals surface area contributed by atoms with Gasteiger partial charge in [-0.3, -0.25) is 0 Å². The summed E-state index contributed by atoms with van der Waals surface area (Å²) in [7, 11) is 0. The number of amides is 1. The first-order chi connectivity index (χ1) is 5.81. The molecule has 0 aromatic heterocycles. The summed E-state index contributed by atoms with van der Waals surface area (Å²) in [5.41, 5.74) is 0. The van der Waals surface area contributed by atoms with Gasteiger partial charge in [-0.2, -0.15) is 0 Å². The van der Waals surface area contributed by atoms with Crippen molar-refractivity contribution in [1.82, 2.24) is 5.32 Å². The van der Waals surface area contributed by atoms with E-state index < -0.39 is 0 Å². The van der Waals surface area contributed by atoms with Crippen LogP contribution in [0.2, 0.25) is 0 Å². The van der Waals surface area contributed by atoms with E-state index in [-0.39, 0.29) is 7.52 Å². The van der Waals surface area contributed by atoms with E-state index >= 15 is 0 Å². The Kier molecular flexibility index (Phi) is 14.9. The van der Waals surface area contributed by atoms with E-state index in [1.807, 2.05) is 13.8 Å². The molecule has 0 unspecified atom stereocenters. The molecule has 3 nitrogen and oxygen atoms in total. The summed E-state index contributed by atoms with van der Waals surface area (Å²) in [6.07, 6.45) is 1.79. The van der Waals surface area contributed by atoms with Crippen LogP contribution >= 0.6 is 0 Å². The molecule has 0 saturated heterocycles. The van der Waals surface area contributed by atoms with E-state index in [1.165, 1.54) is 0 Å². The van der Waals surface area contributed by atoms with Gasteiger partial charge >= 0.3 is 6.09 Å². The molecule has 0 bridgehead atoms. The summed E-state index contributed by atoms with van der Waals surface area (Å²) in [6, 6.07) is 0. The Hall–Kier alpha value is -0.730. The molecule has 1 amide bonds. The van der Waals surface area contributed by atoms with Crippen molar-refractivity contribution in [2.24, 2.45) is 0 Å². The van der Waals surface area contributed by atoms with Gasteiger partial charge in [0, 0.05) is 7.97 Å². The lowest BCUT2D eigenvalue weighted by molar-refractivity contribution is 0.152. The molecule has 0 rings (SSSR count). The van der Waals surface area contributed by atoms with E-state index in [9.17, 15) is 4.79 Å². The molecule has 0 atom stereocenters. The zero-order valence-corrected chi connectivity index (χ0v) is 8.64. The van der Waals surface area contributed by atoms with Gasteiger partial charge in [0.15, 0.2) is 0 Å². The van der Waals surface area contributed by atoms with Crippen LogP contribution in [-0.2, 0) is 4.74 Å². The maximum atomic E-state index is 10.6. The van der Waals surface area contributed by atoms with Crippen molar-refractivity contribution in [3.05, 3.63) is 0 Å². The van der Waals surface area contributed by atoms with Gasteiger partial charge in [0.25, 0.3) is 0 Å². The van der Waals surface area contributed by atoms with Crippen LogP contribution in [0.3, 0.4) is 0 Å². The number of carbonyl (C=O) groups excluding carboxylic acids is 1. The normalized spacial score (nSPS) is 8.00. The van der Waals surface area contributed by atoms with Gasteiger partial charge in [-0.25, -0.2) is 4.79 Å². The SMILES string of the molecule is CC.CCCCNC(=O)OCC.[HH]. The monoisotopic (exact) mass is 177 g/mol. The molecule has 0 fully saturated rings. The number of carbonyl (C=O) groups is 1. The maximum absolute atomic E-state index is 10.6. The van der Waals surface area contributed by atoms with E-state index in [2.05, 4.69) is 17.0 Å². The number of unbranched alkanes of at least 4 members (excludes halogenated alkanes) is 1. The minimum atomic E-state index is -0.309. The van der Waals surface area contributed by atoms with Crippen LogP contribution in [0, 0.1) is 0 Å². The largest absolute Gasteiger partial charge is 0.450 e. The van der Waals surface area contributed by atoms with Gasteiger partial charge < -0.3 is 10.1 Å². The molecule has 0 radical (unpaired) electrons. The fraction of sp³-hybridized carbons (Fsp3) is 0.889. The minimum absolute atomic E-state index is 0. The molecule has 0 spiro atoms. The highest BCUT2D eigenvalue weighted by Gasteiger charge is 1.95. The first-order valence-corrected chi connectivity index (χ1v) is 4.71. The molecule has 1 N–H and O–H groups in total. The Balaban J connectivity index is -0.000000309. The highest BCUT2D eigenvalue weighted by molar-refractivity contribution is 5.66. The van der Waals surface area contributed by atoms with E-state index in [4.69, 9.17) is 0 Å². The molecule has 0 saturated carbocycles. The molecular formula is C9H23NO2. The number of hydrogen-bond acceptors (Lipinski definition) is 2. The van der Waals surface area contributed by atoms with Crippen LogP contribution < -0.4 is 5.32 Å². The van der Waals surface area contributed by atoms with Crippen molar-refractivity contribution in [2.45, 2.75) is 40.5 Å². The summed E-state index contributed by atoms with van der Waals surface area (Å²) in [6.45, 7) is 9.03. The standard InChI is InChI=1S/C7H15NO2.C2H6.H2/c1-3-5-6-8-7(9)10-4-2;1-2;/h3-6H2,1-2H3,(H,8,9);1-2H3;1H. The second-order valence-corrected chi connectivity index (χ2v) is 2.00. The molecule has 0 heterocycles. The van der Waals surface area contributed by atoms with Crippen molar-refractivity contribution in [3.63, 3.8) is 0 Å². The molecule has 0 aliphatic heterocycles. The van der Waals surface area contributed by atoms with Crippen molar-refractivity contribution >= 4 is 6.09 Å². The highest BCUT2D eigenvalue weighted by atomic mass is 16.5. The van der Waals surface area contributed by atoms with Crippen molar-refractivity contribution in [1.29, 1.82) is 0 Å². The lowest BCUT2D eigenvalue weighted by Crippen LogP contribution is -2.24. The van der Waals surface area contributed by atoms with Crippen LogP contribution in [0.25, 0.3) is 0 Å². The van der Waals surface area contributed by atoms with Gasteiger partial charge in [-0.1, -0.05) is 27.2 Å². The Labute approximate surface area is 77.0 Å². The molecule has 3 heteroatoms. The Morgan fingerprint density at radius 2 is 2.00 bits per heavy atom. The van der Waals surface area contributed by atoms with Crippen LogP contribution in [0.1, 0.15) is 42.0 Å². The molecule has 76 valence electrons. The predicted octanol–water partition coefficient (Wildman–Crippen LogP) is 2.80. The topological polar surface area (TPSA) is 38.3 Å². The van der Waals surface area contributed by atoms with Crippen LogP contribution in [0.15, 0.2) is 0 Å². The second-order valence-electron chi connectivity index (χ2n) is 2.00. The Morgan fingerprint density at radius 1 is 1.42 bits per heavy atom. The van der Waals surface area contributed by atoms with Crippen LogP contribution in [0.5, 0.6) is 0 Å². The fourth-order valence-corrected chi connectivity index (χ4v) is 0.549.